The number of phenols is 1. The molecule has 0 saturated heterocycles. The smallest absolute Gasteiger partial charge is 0.270 e. The molecular weight excluding hydrogens is 330 g/mol. The molecule has 0 aromatic heterocycles. The van der Waals surface area contributed by atoms with Gasteiger partial charge in [-0.15, -0.1) is 0 Å². The summed E-state index contributed by atoms with van der Waals surface area (Å²) in [5.74, 6) is 0.728. The highest BCUT2D eigenvalue weighted by Crippen LogP contribution is 2.45. The number of benzene rings is 4. The average molecular weight is 345 g/mol. The summed E-state index contributed by atoms with van der Waals surface area (Å²) in [5, 5.41) is 25.1. The number of rotatable bonds is 3. The van der Waals surface area contributed by atoms with E-state index in [2.05, 4.69) is 0 Å². The highest BCUT2D eigenvalue weighted by atomic mass is 16.6. The predicted octanol–water partition coefficient (Wildman–Crippen LogP) is 5.28. The van der Waals surface area contributed by atoms with Crippen LogP contribution in [-0.2, 0) is 0 Å². The molecule has 4 aromatic carbocycles. The van der Waals surface area contributed by atoms with Crippen LogP contribution in [0.3, 0.4) is 0 Å². The third-order valence-corrected chi connectivity index (χ3v) is 4.55. The third kappa shape index (κ3) is 2.41. The standard InChI is InChI=1S/C21H15NO4/c1-26-19-11-7-14-12-15(22(24)25)8-9-17(14)21(19)20-16-5-3-2-4-13(16)6-10-18(20)23/h2-12,23H,1H3. The molecule has 26 heavy (non-hydrogen) atoms. The molecule has 0 unspecified atom stereocenters. The van der Waals surface area contributed by atoms with E-state index < -0.39 is 4.92 Å². The molecule has 4 aromatic rings. The molecule has 0 heterocycles. The molecule has 0 bridgehead atoms. The number of non-ortho nitro benzene ring substituents is 1. The van der Waals surface area contributed by atoms with Crippen molar-refractivity contribution in [3.63, 3.8) is 0 Å². The van der Waals surface area contributed by atoms with Gasteiger partial charge < -0.3 is 9.84 Å². The lowest BCUT2D eigenvalue weighted by molar-refractivity contribution is -0.384. The van der Waals surface area contributed by atoms with Crippen molar-refractivity contribution in [1.82, 2.24) is 0 Å². The largest absolute Gasteiger partial charge is 0.507 e. The van der Waals surface area contributed by atoms with Crippen LogP contribution in [0.1, 0.15) is 0 Å². The molecule has 0 amide bonds. The summed E-state index contributed by atoms with van der Waals surface area (Å²) in [4.78, 5) is 10.7. The summed E-state index contributed by atoms with van der Waals surface area (Å²) in [6.07, 6.45) is 0. The number of nitro benzene ring substituents is 1. The molecule has 0 aliphatic rings. The number of hydrogen-bond donors (Lipinski definition) is 1. The minimum absolute atomic E-state index is 0.0239. The van der Waals surface area contributed by atoms with E-state index in [0.29, 0.717) is 22.3 Å². The van der Waals surface area contributed by atoms with Crippen LogP contribution in [0.15, 0.2) is 66.7 Å². The van der Waals surface area contributed by atoms with Crippen LogP contribution in [0.4, 0.5) is 5.69 Å². The van der Waals surface area contributed by atoms with E-state index in [1.165, 1.54) is 12.1 Å². The van der Waals surface area contributed by atoms with Gasteiger partial charge in [0, 0.05) is 23.3 Å². The summed E-state index contributed by atoms with van der Waals surface area (Å²) in [5.41, 5.74) is 1.39. The normalized spacial score (nSPS) is 11.0. The van der Waals surface area contributed by atoms with Crippen molar-refractivity contribution in [2.45, 2.75) is 0 Å². The Hall–Kier alpha value is -3.60. The first-order valence-electron chi connectivity index (χ1n) is 8.06. The molecule has 0 aliphatic heterocycles. The van der Waals surface area contributed by atoms with Crippen LogP contribution >= 0.6 is 0 Å². The van der Waals surface area contributed by atoms with Crippen LogP contribution in [-0.4, -0.2) is 17.1 Å². The van der Waals surface area contributed by atoms with E-state index in [1.54, 1.807) is 31.4 Å². The fraction of sp³-hybridized carbons (Fsp3) is 0.0476. The molecule has 0 aliphatic carbocycles. The van der Waals surface area contributed by atoms with Gasteiger partial charge in [-0.3, -0.25) is 10.1 Å². The summed E-state index contributed by atoms with van der Waals surface area (Å²) in [6.45, 7) is 0. The number of hydrogen-bond acceptors (Lipinski definition) is 4. The first-order valence-corrected chi connectivity index (χ1v) is 8.06. The Morgan fingerprint density at radius 2 is 1.62 bits per heavy atom. The van der Waals surface area contributed by atoms with Crippen molar-refractivity contribution in [2.75, 3.05) is 7.11 Å². The van der Waals surface area contributed by atoms with E-state index in [1.807, 2.05) is 30.3 Å². The first-order chi connectivity index (χ1) is 12.6. The van der Waals surface area contributed by atoms with E-state index in [-0.39, 0.29) is 11.4 Å². The zero-order valence-electron chi connectivity index (χ0n) is 14.0. The van der Waals surface area contributed by atoms with Crippen LogP contribution in [0.2, 0.25) is 0 Å². The highest BCUT2D eigenvalue weighted by molar-refractivity contribution is 6.09. The minimum atomic E-state index is -0.418. The molecule has 0 atom stereocenters. The molecule has 0 saturated carbocycles. The zero-order valence-corrected chi connectivity index (χ0v) is 14.0. The maximum Gasteiger partial charge on any atom is 0.270 e. The second kappa shape index (κ2) is 6.04. The summed E-state index contributed by atoms with van der Waals surface area (Å²) < 4.78 is 5.54. The molecular formula is C21H15NO4. The van der Waals surface area contributed by atoms with Crippen molar-refractivity contribution < 1.29 is 14.8 Å². The lowest BCUT2D eigenvalue weighted by Crippen LogP contribution is -1.93. The monoisotopic (exact) mass is 345 g/mol. The van der Waals surface area contributed by atoms with Gasteiger partial charge in [0.1, 0.15) is 11.5 Å². The van der Waals surface area contributed by atoms with Gasteiger partial charge in [-0.2, -0.15) is 0 Å². The van der Waals surface area contributed by atoms with Crippen LogP contribution in [0.25, 0.3) is 32.7 Å². The van der Waals surface area contributed by atoms with Gasteiger partial charge in [0.2, 0.25) is 0 Å². The second-order valence-corrected chi connectivity index (χ2v) is 5.99. The summed E-state index contributed by atoms with van der Waals surface area (Å²) in [7, 11) is 1.57. The van der Waals surface area contributed by atoms with Crippen molar-refractivity contribution >= 4 is 27.2 Å². The summed E-state index contributed by atoms with van der Waals surface area (Å²) >= 11 is 0. The van der Waals surface area contributed by atoms with Gasteiger partial charge in [0.15, 0.2) is 0 Å². The van der Waals surface area contributed by atoms with Crippen LogP contribution in [0.5, 0.6) is 11.5 Å². The lowest BCUT2D eigenvalue weighted by Gasteiger charge is -2.16. The van der Waals surface area contributed by atoms with Crippen LogP contribution in [0, 0.1) is 10.1 Å². The topological polar surface area (TPSA) is 72.6 Å². The fourth-order valence-corrected chi connectivity index (χ4v) is 3.36. The Morgan fingerprint density at radius 3 is 2.38 bits per heavy atom. The van der Waals surface area contributed by atoms with E-state index in [4.69, 9.17) is 4.74 Å². The number of nitrogens with zero attached hydrogens (tertiary/aromatic N) is 1. The number of ether oxygens (including phenoxy) is 1. The maximum absolute atomic E-state index is 11.1. The number of phenolic OH excluding ortho intramolecular Hbond substituents is 1. The van der Waals surface area contributed by atoms with E-state index >= 15 is 0 Å². The average Bonchev–Trinajstić information content (AvgIpc) is 2.67. The zero-order chi connectivity index (χ0) is 18.3. The molecule has 4 rings (SSSR count). The second-order valence-electron chi connectivity index (χ2n) is 5.99. The Balaban J connectivity index is 2.14. The SMILES string of the molecule is COc1ccc2cc([N+](=O)[O-])ccc2c1-c1c(O)ccc2ccccc12. The number of nitro groups is 1. The van der Waals surface area contributed by atoms with Crippen molar-refractivity contribution in [3.8, 4) is 22.6 Å². The van der Waals surface area contributed by atoms with Crippen molar-refractivity contribution in [3.05, 3.63) is 76.8 Å². The Bertz CT molecular complexity index is 1170. The van der Waals surface area contributed by atoms with Gasteiger partial charge in [-0.1, -0.05) is 36.4 Å². The van der Waals surface area contributed by atoms with E-state index in [9.17, 15) is 15.2 Å². The van der Waals surface area contributed by atoms with Gasteiger partial charge in [0.05, 0.1) is 12.0 Å². The molecule has 0 fully saturated rings. The molecule has 5 heteroatoms. The highest BCUT2D eigenvalue weighted by Gasteiger charge is 2.18. The Kier molecular flexibility index (Phi) is 3.69. The van der Waals surface area contributed by atoms with Crippen molar-refractivity contribution in [2.24, 2.45) is 0 Å². The van der Waals surface area contributed by atoms with Gasteiger partial charge >= 0.3 is 0 Å². The Labute approximate surface area is 149 Å². The lowest BCUT2D eigenvalue weighted by atomic mass is 9.92. The predicted molar refractivity (Wildman–Crippen MR) is 102 cm³/mol. The third-order valence-electron chi connectivity index (χ3n) is 4.55. The minimum Gasteiger partial charge on any atom is -0.507 e. The summed E-state index contributed by atoms with van der Waals surface area (Å²) in [6, 6.07) is 19.5. The molecule has 128 valence electrons. The van der Waals surface area contributed by atoms with Gasteiger partial charge in [-0.05, 0) is 39.7 Å². The molecule has 1 N–H and O–H groups in total. The van der Waals surface area contributed by atoms with Gasteiger partial charge in [-0.25, -0.2) is 0 Å². The fourth-order valence-electron chi connectivity index (χ4n) is 3.36. The van der Waals surface area contributed by atoms with Crippen LogP contribution < -0.4 is 4.74 Å². The maximum atomic E-state index is 11.1. The molecule has 0 radical (unpaired) electrons. The van der Waals surface area contributed by atoms with E-state index in [0.717, 1.165) is 16.2 Å². The Morgan fingerprint density at radius 1 is 0.885 bits per heavy atom. The quantitative estimate of drug-likeness (QED) is 0.405. The number of fused-ring (bicyclic) bond motifs is 2. The van der Waals surface area contributed by atoms with Crippen molar-refractivity contribution in [1.29, 1.82) is 0 Å². The molecule has 0 spiro atoms. The van der Waals surface area contributed by atoms with Gasteiger partial charge in [0.25, 0.3) is 5.69 Å². The number of methoxy groups -OCH3 is 1. The molecule has 5 nitrogen and oxygen atoms in total. The first kappa shape index (κ1) is 15.9. The number of aromatic hydroxyl groups is 1.